The van der Waals surface area contributed by atoms with E-state index in [1.165, 1.54) is 11.8 Å². The summed E-state index contributed by atoms with van der Waals surface area (Å²) in [5.74, 6) is -0.326. The summed E-state index contributed by atoms with van der Waals surface area (Å²) in [6.07, 6.45) is 1.77. The van der Waals surface area contributed by atoms with E-state index in [4.69, 9.17) is 11.6 Å². The van der Waals surface area contributed by atoms with Crippen molar-refractivity contribution >= 4 is 56.6 Å². The number of amides is 1. The van der Waals surface area contributed by atoms with Gasteiger partial charge in [-0.2, -0.15) is 4.99 Å². The number of hydrogen-bond donors (Lipinski definition) is 0. The molecule has 0 bridgehead atoms. The van der Waals surface area contributed by atoms with E-state index in [1.54, 1.807) is 30.3 Å². The molecule has 0 aromatic heterocycles. The van der Waals surface area contributed by atoms with Crippen molar-refractivity contribution in [1.82, 2.24) is 0 Å². The zero-order valence-electron chi connectivity index (χ0n) is 11.7. The fourth-order valence-electron chi connectivity index (χ4n) is 1.90. The largest absolute Gasteiger partial charge is 0.285 e. The molecule has 0 spiro atoms. The molecule has 0 saturated heterocycles. The monoisotopic (exact) mass is 359 g/mol. The molecule has 1 amide bonds. The van der Waals surface area contributed by atoms with E-state index in [0.29, 0.717) is 19.9 Å². The van der Waals surface area contributed by atoms with Crippen molar-refractivity contribution in [3.63, 3.8) is 0 Å². The van der Waals surface area contributed by atoms with Gasteiger partial charge in [0.05, 0.1) is 9.93 Å². The minimum absolute atomic E-state index is 0.226. The highest BCUT2D eigenvalue weighted by molar-refractivity contribution is 8.46. The third kappa shape index (κ3) is 3.93. The first-order valence-electron chi connectivity index (χ1n) is 6.68. The predicted molar refractivity (Wildman–Crippen MR) is 97.8 cm³/mol. The van der Waals surface area contributed by atoms with Crippen LogP contribution in [-0.4, -0.2) is 15.4 Å². The van der Waals surface area contributed by atoms with Gasteiger partial charge >= 0.3 is 0 Å². The van der Waals surface area contributed by atoms with Gasteiger partial charge in [-0.25, -0.2) is 0 Å². The van der Waals surface area contributed by atoms with Gasteiger partial charge in [-0.15, -0.1) is 0 Å². The number of nitrogens with zero attached hydrogens (tertiary/aromatic N) is 1. The Morgan fingerprint density at radius 2 is 1.78 bits per heavy atom. The van der Waals surface area contributed by atoms with Crippen molar-refractivity contribution < 1.29 is 9.59 Å². The first kappa shape index (κ1) is 16.1. The average Bonchev–Trinajstić information content (AvgIpc) is 2.88. The standard InChI is InChI=1S/C17H10ClNO2S2/c18-13-9-5-4-8-12(13)16(21)23-17-19-15(20)14(22-17)10-11-6-2-1-3-7-11/h1-10H/b14-10+. The quantitative estimate of drug-likeness (QED) is 0.716. The van der Waals surface area contributed by atoms with Crippen LogP contribution in [0.2, 0.25) is 5.02 Å². The summed E-state index contributed by atoms with van der Waals surface area (Å²) in [6, 6.07) is 16.3. The Kier molecular flexibility index (Phi) is 5.00. The van der Waals surface area contributed by atoms with E-state index in [9.17, 15) is 9.59 Å². The van der Waals surface area contributed by atoms with E-state index in [-0.39, 0.29) is 11.0 Å². The molecule has 6 heteroatoms. The first-order chi connectivity index (χ1) is 11.1. The van der Waals surface area contributed by atoms with Crippen LogP contribution in [-0.2, 0) is 4.79 Å². The summed E-state index contributed by atoms with van der Waals surface area (Å²) < 4.78 is 0.419. The number of halogens is 1. The molecule has 0 unspecified atom stereocenters. The molecule has 0 atom stereocenters. The van der Waals surface area contributed by atoms with Crippen LogP contribution in [0.5, 0.6) is 0 Å². The van der Waals surface area contributed by atoms with Gasteiger partial charge in [0.25, 0.3) is 5.91 Å². The highest BCUT2D eigenvalue weighted by Crippen LogP contribution is 2.35. The molecule has 0 aliphatic carbocycles. The Labute approximate surface area is 146 Å². The number of aliphatic imine (C=N–C) groups is 1. The highest BCUT2D eigenvalue weighted by atomic mass is 35.5. The van der Waals surface area contributed by atoms with Gasteiger partial charge in [0.15, 0.2) is 0 Å². The van der Waals surface area contributed by atoms with E-state index in [2.05, 4.69) is 4.99 Å². The number of hydrogen-bond acceptors (Lipinski definition) is 4. The second kappa shape index (κ2) is 7.17. The average molecular weight is 360 g/mol. The molecule has 2 aromatic rings. The van der Waals surface area contributed by atoms with Gasteiger partial charge in [0.1, 0.15) is 4.38 Å². The van der Waals surface area contributed by atoms with E-state index in [1.807, 2.05) is 30.3 Å². The maximum Gasteiger partial charge on any atom is 0.285 e. The Morgan fingerprint density at radius 3 is 2.52 bits per heavy atom. The number of carbonyl (C=O) groups excluding carboxylic acids is 2. The minimum atomic E-state index is -0.326. The van der Waals surface area contributed by atoms with Crippen molar-refractivity contribution in [3.8, 4) is 0 Å². The second-order valence-corrected chi connectivity index (χ2v) is 7.23. The van der Waals surface area contributed by atoms with Crippen molar-refractivity contribution in [1.29, 1.82) is 0 Å². The molecular formula is C17H10ClNO2S2. The number of carbonyl (C=O) groups is 2. The highest BCUT2D eigenvalue weighted by Gasteiger charge is 2.25. The summed E-state index contributed by atoms with van der Waals surface area (Å²) in [5, 5.41) is 0.163. The fraction of sp³-hybridized carbons (Fsp3) is 0. The summed E-state index contributed by atoms with van der Waals surface area (Å²) in [6.45, 7) is 0. The Hall–Kier alpha value is -1.82. The van der Waals surface area contributed by atoms with Gasteiger partial charge in [-0.05, 0) is 35.5 Å². The van der Waals surface area contributed by atoms with Gasteiger partial charge in [-0.3, -0.25) is 9.59 Å². The molecule has 114 valence electrons. The summed E-state index contributed by atoms with van der Waals surface area (Å²) in [4.78, 5) is 28.6. The molecule has 0 N–H and O–H groups in total. The van der Waals surface area contributed by atoms with Crippen molar-refractivity contribution in [2.45, 2.75) is 0 Å². The lowest BCUT2D eigenvalue weighted by molar-refractivity contribution is -0.113. The maximum absolute atomic E-state index is 12.2. The number of thioether (sulfide) groups is 2. The zero-order chi connectivity index (χ0) is 16.2. The predicted octanol–water partition coefficient (Wildman–Crippen LogP) is 4.88. The fourth-order valence-corrected chi connectivity index (χ4v) is 4.06. The van der Waals surface area contributed by atoms with Crippen LogP contribution in [0.15, 0.2) is 64.5 Å². The Balaban J connectivity index is 1.73. The molecule has 2 aromatic carbocycles. The first-order valence-corrected chi connectivity index (χ1v) is 8.69. The Morgan fingerprint density at radius 1 is 1.09 bits per heavy atom. The van der Waals surface area contributed by atoms with Gasteiger partial charge in [0.2, 0.25) is 5.12 Å². The molecule has 3 nitrogen and oxygen atoms in total. The summed E-state index contributed by atoms with van der Waals surface area (Å²) in [5.41, 5.74) is 1.33. The molecule has 0 fully saturated rings. The normalized spacial score (nSPS) is 15.8. The summed E-state index contributed by atoms with van der Waals surface area (Å²) >= 11 is 8.13. The lowest BCUT2D eigenvalue weighted by atomic mass is 10.2. The van der Waals surface area contributed by atoms with Gasteiger partial charge in [0, 0.05) is 5.56 Å². The van der Waals surface area contributed by atoms with Crippen LogP contribution in [0.4, 0.5) is 0 Å². The summed E-state index contributed by atoms with van der Waals surface area (Å²) in [7, 11) is 0. The molecule has 0 radical (unpaired) electrons. The second-order valence-electron chi connectivity index (χ2n) is 4.57. The van der Waals surface area contributed by atoms with Crippen molar-refractivity contribution in [3.05, 3.63) is 75.7 Å². The molecule has 1 aliphatic heterocycles. The number of benzene rings is 2. The van der Waals surface area contributed by atoms with E-state index < -0.39 is 0 Å². The molecule has 3 rings (SSSR count). The minimum Gasteiger partial charge on any atom is -0.281 e. The lowest BCUT2D eigenvalue weighted by Gasteiger charge is -2.01. The lowest BCUT2D eigenvalue weighted by Crippen LogP contribution is -1.97. The van der Waals surface area contributed by atoms with Crippen LogP contribution in [0.25, 0.3) is 6.08 Å². The van der Waals surface area contributed by atoms with Crippen LogP contribution in [0.3, 0.4) is 0 Å². The van der Waals surface area contributed by atoms with Crippen LogP contribution >= 0.6 is 35.1 Å². The topological polar surface area (TPSA) is 46.5 Å². The van der Waals surface area contributed by atoms with Crippen LogP contribution in [0.1, 0.15) is 15.9 Å². The third-order valence-corrected chi connectivity index (χ3v) is 5.25. The van der Waals surface area contributed by atoms with Gasteiger partial charge in [-0.1, -0.05) is 65.8 Å². The molecule has 1 heterocycles. The van der Waals surface area contributed by atoms with Crippen molar-refractivity contribution in [2.24, 2.45) is 4.99 Å². The maximum atomic E-state index is 12.2. The number of rotatable bonds is 2. The smallest absolute Gasteiger partial charge is 0.281 e. The molecule has 0 saturated carbocycles. The van der Waals surface area contributed by atoms with Crippen LogP contribution < -0.4 is 0 Å². The third-order valence-electron chi connectivity index (χ3n) is 2.97. The zero-order valence-corrected chi connectivity index (χ0v) is 14.1. The SMILES string of the molecule is O=C1N=C(SC(=O)c2ccccc2Cl)S/C1=C/c1ccccc1. The van der Waals surface area contributed by atoms with E-state index >= 15 is 0 Å². The van der Waals surface area contributed by atoms with E-state index in [0.717, 1.165) is 17.3 Å². The molecule has 1 aliphatic rings. The van der Waals surface area contributed by atoms with Crippen LogP contribution in [0, 0.1) is 0 Å². The Bertz CT molecular complexity index is 831. The molecule has 23 heavy (non-hydrogen) atoms. The van der Waals surface area contributed by atoms with Gasteiger partial charge < -0.3 is 0 Å². The molecular weight excluding hydrogens is 350 g/mol. The van der Waals surface area contributed by atoms with Crippen molar-refractivity contribution in [2.75, 3.05) is 0 Å².